The molecule has 1 fully saturated rings. The lowest BCUT2D eigenvalue weighted by Crippen LogP contribution is -2.22. The molecule has 2 nitrogen and oxygen atoms in total. The Morgan fingerprint density at radius 3 is 1.76 bits per heavy atom. The number of benzene rings is 10. The first-order valence-corrected chi connectivity index (χ1v) is 24.4. The number of rotatable bonds is 8. The molecular weight excluding hydrogens is 823 g/mol. The molecule has 0 radical (unpaired) electrons. The van der Waals surface area contributed by atoms with E-state index in [9.17, 15) is 0 Å². The van der Waals surface area contributed by atoms with Gasteiger partial charge >= 0.3 is 0 Å². The third-order valence-corrected chi connectivity index (χ3v) is 15.4. The maximum Gasteiger partial charge on any atom is 0.136 e. The van der Waals surface area contributed by atoms with Crippen LogP contribution in [0.3, 0.4) is 0 Å². The van der Waals surface area contributed by atoms with Gasteiger partial charge in [-0.3, -0.25) is 0 Å². The quantitative estimate of drug-likeness (QED) is 0.151. The molecule has 0 saturated heterocycles. The highest BCUT2D eigenvalue weighted by Crippen LogP contribution is 2.54. The van der Waals surface area contributed by atoms with Gasteiger partial charge in [-0.2, -0.15) is 0 Å². The van der Waals surface area contributed by atoms with Crippen molar-refractivity contribution < 1.29 is 4.42 Å². The SMILES string of the molecule is CC1(c2ccccc2)c2ccccc2-c2ccc(-c3ccc(N(c4ccccc4-c4cccc5cccc(C6CCCCC6)c45)c4ccccc4-c4cccc5oc6ccccc6c45)cc3)cc21. The summed E-state index contributed by atoms with van der Waals surface area (Å²) in [5.74, 6) is 0.564. The Hall–Kier alpha value is -7.94. The second kappa shape index (κ2) is 16.4. The predicted molar refractivity (Wildman–Crippen MR) is 285 cm³/mol. The van der Waals surface area contributed by atoms with Crippen molar-refractivity contribution in [1.29, 1.82) is 0 Å². The summed E-state index contributed by atoms with van der Waals surface area (Å²) in [6, 6.07) is 83.1. The predicted octanol–water partition coefficient (Wildman–Crippen LogP) is 18.6. The van der Waals surface area contributed by atoms with Crippen LogP contribution in [0.2, 0.25) is 0 Å². The smallest absolute Gasteiger partial charge is 0.136 e. The largest absolute Gasteiger partial charge is 0.456 e. The van der Waals surface area contributed by atoms with Crippen LogP contribution in [0, 0.1) is 0 Å². The Bertz CT molecular complexity index is 3680. The monoisotopic (exact) mass is 873 g/mol. The molecule has 2 heteroatoms. The summed E-state index contributed by atoms with van der Waals surface area (Å²) < 4.78 is 6.49. The molecule has 0 spiro atoms. The zero-order valence-electron chi connectivity index (χ0n) is 38.3. The number of nitrogens with zero attached hydrogens (tertiary/aromatic N) is 1. The van der Waals surface area contributed by atoms with Gasteiger partial charge in [0.2, 0.25) is 0 Å². The summed E-state index contributed by atoms with van der Waals surface area (Å²) >= 11 is 0. The molecule has 1 atom stereocenters. The van der Waals surface area contributed by atoms with Crippen LogP contribution in [-0.4, -0.2) is 0 Å². The normalized spacial score (nSPS) is 15.7. The summed E-state index contributed by atoms with van der Waals surface area (Å²) in [6.45, 7) is 2.40. The zero-order valence-corrected chi connectivity index (χ0v) is 38.3. The van der Waals surface area contributed by atoms with E-state index in [1.165, 1.54) is 98.5 Å². The topological polar surface area (TPSA) is 16.4 Å². The average Bonchev–Trinajstić information content (AvgIpc) is 3.92. The Morgan fingerprint density at radius 1 is 0.426 bits per heavy atom. The fourth-order valence-corrected chi connectivity index (χ4v) is 12.1. The highest BCUT2D eigenvalue weighted by molar-refractivity contribution is 6.14. The van der Waals surface area contributed by atoms with Crippen LogP contribution < -0.4 is 4.90 Å². The van der Waals surface area contributed by atoms with Gasteiger partial charge in [0.25, 0.3) is 0 Å². The van der Waals surface area contributed by atoms with Crippen molar-refractivity contribution in [3.05, 3.63) is 247 Å². The van der Waals surface area contributed by atoms with Gasteiger partial charge in [-0.15, -0.1) is 0 Å². The third-order valence-electron chi connectivity index (χ3n) is 15.4. The van der Waals surface area contributed by atoms with Crippen molar-refractivity contribution in [2.45, 2.75) is 50.4 Å². The lowest BCUT2D eigenvalue weighted by molar-refractivity contribution is 0.445. The third kappa shape index (κ3) is 6.46. The van der Waals surface area contributed by atoms with E-state index in [0.717, 1.165) is 50.1 Å². The number of furan rings is 1. The molecule has 0 bridgehead atoms. The van der Waals surface area contributed by atoms with Crippen LogP contribution in [0.15, 0.2) is 229 Å². The van der Waals surface area contributed by atoms with Gasteiger partial charge in [-0.05, 0) is 135 Å². The molecule has 1 saturated carbocycles. The van der Waals surface area contributed by atoms with E-state index in [-0.39, 0.29) is 5.41 Å². The van der Waals surface area contributed by atoms with E-state index in [1.54, 1.807) is 0 Å². The molecule has 1 heterocycles. The fraction of sp³-hybridized carbons (Fsp3) is 0.121. The first kappa shape index (κ1) is 40.3. The molecule has 11 aromatic rings. The van der Waals surface area contributed by atoms with Crippen LogP contribution in [-0.2, 0) is 5.41 Å². The first-order chi connectivity index (χ1) is 33.6. The molecular formula is C66H51NO. The minimum absolute atomic E-state index is 0.269. The summed E-state index contributed by atoms with van der Waals surface area (Å²) in [5, 5.41) is 4.94. The summed E-state index contributed by atoms with van der Waals surface area (Å²) in [6.07, 6.45) is 6.42. The van der Waals surface area contributed by atoms with Crippen molar-refractivity contribution >= 4 is 49.8 Å². The van der Waals surface area contributed by atoms with Gasteiger partial charge in [-0.1, -0.05) is 201 Å². The van der Waals surface area contributed by atoms with Gasteiger partial charge in [0.05, 0.1) is 11.4 Å². The first-order valence-electron chi connectivity index (χ1n) is 24.4. The summed E-state index contributed by atoms with van der Waals surface area (Å²) in [5.41, 5.74) is 20.2. The molecule has 1 aromatic heterocycles. The highest BCUT2D eigenvalue weighted by Gasteiger charge is 2.40. The van der Waals surface area contributed by atoms with Gasteiger partial charge in [0.15, 0.2) is 0 Å². The summed E-state index contributed by atoms with van der Waals surface area (Å²) in [4.78, 5) is 2.50. The van der Waals surface area contributed by atoms with Crippen LogP contribution in [0.5, 0.6) is 0 Å². The lowest BCUT2D eigenvalue weighted by atomic mass is 9.74. The van der Waals surface area contributed by atoms with Crippen molar-refractivity contribution in [2.24, 2.45) is 0 Å². The van der Waals surface area contributed by atoms with Crippen LogP contribution >= 0.6 is 0 Å². The van der Waals surface area contributed by atoms with E-state index >= 15 is 0 Å². The Morgan fingerprint density at radius 2 is 1.00 bits per heavy atom. The molecule has 2 aliphatic carbocycles. The molecule has 10 aromatic carbocycles. The fourth-order valence-electron chi connectivity index (χ4n) is 12.1. The minimum Gasteiger partial charge on any atom is -0.456 e. The van der Waals surface area contributed by atoms with Gasteiger partial charge in [0, 0.05) is 33.0 Å². The summed E-state index contributed by atoms with van der Waals surface area (Å²) in [7, 11) is 0. The number of anilines is 3. The second-order valence-electron chi connectivity index (χ2n) is 19.1. The molecule has 2 aliphatic rings. The number of hydrogen-bond acceptors (Lipinski definition) is 2. The molecule has 0 aliphatic heterocycles. The van der Waals surface area contributed by atoms with Gasteiger partial charge in [-0.25, -0.2) is 0 Å². The Labute approximate surface area is 398 Å². The molecule has 0 amide bonds. The Kier molecular flexibility index (Phi) is 9.75. The maximum absolute atomic E-state index is 6.49. The standard InChI is InChI=1S/C66H51NO/c1-66(48-23-6-3-7-24-48)58-32-12-8-25-51(58)52-42-39-47(43-59(52)66)44-37-40-49(41-38-44)67(61-34-14-10-27-54(61)56-31-18-36-63-65(56)57-28-11-15-35-62(57)68-63)60-33-13-9-26-53(60)55-30-17-22-46-21-16-29-50(64(46)55)45-19-4-2-5-20-45/h3,6-18,21-43,45H,2,4-5,19-20H2,1H3. The van der Waals surface area contributed by atoms with Crippen molar-refractivity contribution in [3.63, 3.8) is 0 Å². The number of fused-ring (bicyclic) bond motifs is 7. The van der Waals surface area contributed by atoms with Crippen LogP contribution in [0.25, 0.3) is 77.2 Å². The molecule has 13 rings (SSSR count). The van der Waals surface area contributed by atoms with Crippen LogP contribution in [0.1, 0.15) is 67.2 Å². The number of para-hydroxylation sites is 3. The van der Waals surface area contributed by atoms with Crippen molar-refractivity contribution in [1.82, 2.24) is 0 Å². The van der Waals surface area contributed by atoms with E-state index in [2.05, 4.69) is 236 Å². The molecule has 326 valence electrons. The van der Waals surface area contributed by atoms with Crippen molar-refractivity contribution in [2.75, 3.05) is 4.90 Å². The Balaban J connectivity index is 1.00. The van der Waals surface area contributed by atoms with E-state index in [4.69, 9.17) is 4.42 Å². The van der Waals surface area contributed by atoms with E-state index in [0.29, 0.717) is 5.92 Å². The molecule has 68 heavy (non-hydrogen) atoms. The molecule has 1 unspecified atom stereocenters. The highest BCUT2D eigenvalue weighted by atomic mass is 16.3. The van der Waals surface area contributed by atoms with Gasteiger partial charge < -0.3 is 9.32 Å². The van der Waals surface area contributed by atoms with Crippen LogP contribution in [0.4, 0.5) is 17.1 Å². The van der Waals surface area contributed by atoms with E-state index in [1.807, 2.05) is 0 Å². The van der Waals surface area contributed by atoms with Gasteiger partial charge in [0.1, 0.15) is 11.2 Å². The minimum atomic E-state index is -0.269. The number of hydrogen-bond donors (Lipinski definition) is 0. The van der Waals surface area contributed by atoms with Crippen molar-refractivity contribution in [3.8, 4) is 44.5 Å². The zero-order chi connectivity index (χ0) is 45.2. The molecule has 0 N–H and O–H groups in total. The average molecular weight is 874 g/mol. The lowest BCUT2D eigenvalue weighted by Gasteiger charge is -2.31. The second-order valence-corrected chi connectivity index (χ2v) is 19.1. The van der Waals surface area contributed by atoms with E-state index < -0.39 is 0 Å². The maximum atomic E-state index is 6.49.